The van der Waals surface area contributed by atoms with Crippen LogP contribution in [0, 0.1) is 18.8 Å². The van der Waals surface area contributed by atoms with Crippen LogP contribution in [0.15, 0.2) is 18.2 Å². The number of fused-ring (bicyclic) bond motifs is 1. The van der Waals surface area contributed by atoms with Crippen molar-refractivity contribution in [3.63, 3.8) is 0 Å². The number of carbonyl (C=O) groups excluding carboxylic acids is 1. The molecule has 0 aliphatic heterocycles. The molecule has 1 amide bonds. The van der Waals surface area contributed by atoms with Gasteiger partial charge in [-0.05, 0) is 44.4 Å². The fourth-order valence-corrected chi connectivity index (χ4v) is 2.90. The summed E-state index contributed by atoms with van der Waals surface area (Å²) < 4.78 is 0. The molecule has 0 spiro atoms. The number of carbonyl (C=O) groups is 2. The predicted octanol–water partition coefficient (Wildman–Crippen LogP) is 2.31. The quantitative estimate of drug-likeness (QED) is 0.807. The molecular weight excluding hydrogens is 270 g/mol. The molecule has 1 aliphatic rings. The van der Waals surface area contributed by atoms with Crippen LogP contribution in [0.5, 0.6) is 0 Å². The first-order valence-electron chi connectivity index (χ1n) is 7.03. The van der Waals surface area contributed by atoms with Gasteiger partial charge in [-0.2, -0.15) is 0 Å². The molecule has 0 saturated heterocycles. The maximum absolute atomic E-state index is 12.2. The standard InChI is InChI=1S/C15H17N3O3/c1-8-16-12-5-4-11(7-13(12)17-8)18-14(19)9-2-3-10(6-9)15(20)21/h4-5,7,9-10H,2-3,6H2,1H3,(H,16,17)(H,18,19)(H,20,21)/t9-,10+/m1/s1. The molecule has 2 aromatic rings. The van der Waals surface area contributed by atoms with E-state index in [4.69, 9.17) is 5.11 Å². The molecule has 1 aliphatic carbocycles. The summed E-state index contributed by atoms with van der Waals surface area (Å²) in [5.74, 6) is -0.689. The van der Waals surface area contributed by atoms with Crippen LogP contribution in [-0.4, -0.2) is 27.0 Å². The highest BCUT2D eigenvalue weighted by Gasteiger charge is 2.33. The van der Waals surface area contributed by atoms with Crippen molar-refractivity contribution in [2.75, 3.05) is 5.32 Å². The number of anilines is 1. The predicted molar refractivity (Wildman–Crippen MR) is 77.9 cm³/mol. The molecule has 3 rings (SSSR count). The van der Waals surface area contributed by atoms with E-state index >= 15 is 0 Å². The number of nitrogens with zero attached hydrogens (tertiary/aromatic N) is 1. The third-order valence-corrected chi connectivity index (χ3v) is 4.02. The van der Waals surface area contributed by atoms with E-state index in [1.165, 1.54) is 0 Å². The maximum Gasteiger partial charge on any atom is 0.306 e. The Morgan fingerprint density at radius 1 is 1.33 bits per heavy atom. The van der Waals surface area contributed by atoms with Crippen molar-refractivity contribution in [2.24, 2.45) is 11.8 Å². The Labute approximate surface area is 121 Å². The lowest BCUT2D eigenvalue weighted by Crippen LogP contribution is -2.21. The molecule has 21 heavy (non-hydrogen) atoms. The zero-order valence-corrected chi connectivity index (χ0v) is 11.7. The lowest BCUT2D eigenvalue weighted by atomic mass is 10.0. The number of aromatic amines is 1. The number of aryl methyl sites for hydroxylation is 1. The van der Waals surface area contributed by atoms with Crippen molar-refractivity contribution >= 4 is 28.6 Å². The fourth-order valence-electron chi connectivity index (χ4n) is 2.90. The van der Waals surface area contributed by atoms with Crippen LogP contribution in [0.3, 0.4) is 0 Å². The normalized spacial score (nSPS) is 21.6. The second kappa shape index (κ2) is 5.20. The number of carboxylic acid groups (broad SMARTS) is 1. The van der Waals surface area contributed by atoms with Crippen molar-refractivity contribution in [1.82, 2.24) is 9.97 Å². The van der Waals surface area contributed by atoms with E-state index in [0.29, 0.717) is 24.9 Å². The molecule has 1 aromatic heterocycles. The van der Waals surface area contributed by atoms with Crippen LogP contribution >= 0.6 is 0 Å². The Bertz CT molecular complexity index is 707. The first kappa shape index (κ1) is 13.6. The highest BCUT2D eigenvalue weighted by atomic mass is 16.4. The Hall–Kier alpha value is -2.37. The van der Waals surface area contributed by atoms with Crippen LogP contribution in [0.1, 0.15) is 25.1 Å². The number of aromatic nitrogens is 2. The molecule has 2 atom stereocenters. The molecule has 1 saturated carbocycles. The second-order valence-electron chi connectivity index (χ2n) is 5.59. The number of hydrogen-bond acceptors (Lipinski definition) is 3. The summed E-state index contributed by atoms with van der Waals surface area (Å²) in [5.41, 5.74) is 2.44. The first-order chi connectivity index (χ1) is 10.0. The molecule has 1 heterocycles. The minimum atomic E-state index is -0.806. The molecule has 1 fully saturated rings. The SMILES string of the molecule is Cc1nc2ccc(NC(=O)[C@@H]3CC[C@H](C(=O)O)C3)cc2[nH]1. The second-order valence-corrected chi connectivity index (χ2v) is 5.59. The minimum absolute atomic E-state index is 0.102. The molecule has 6 heteroatoms. The molecule has 0 bridgehead atoms. The number of aliphatic carboxylic acids is 1. The van der Waals surface area contributed by atoms with Gasteiger partial charge in [0.2, 0.25) is 5.91 Å². The van der Waals surface area contributed by atoms with Crippen molar-refractivity contribution in [3.8, 4) is 0 Å². The Kier molecular flexibility index (Phi) is 3.37. The Balaban J connectivity index is 1.70. The summed E-state index contributed by atoms with van der Waals surface area (Å²) in [6.07, 6.45) is 1.63. The molecule has 0 unspecified atom stereocenters. The van der Waals surface area contributed by atoms with Crippen molar-refractivity contribution in [2.45, 2.75) is 26.2 Å². The van der Waals surface area contributed by atoms with Crippen LogP contribution in [-0.2, 0) is 9.59 Å². The summed E-state index contributed by atoms with van der Waals surface area (Å²) in [6.45, 7) is 1.88. The lowest BCUT2D eigenvalue weighted by Gasteiger charge is -2.10. The number of imidazole rings is 1. The van der Waals surface area contributed by atoms with E-state index in [1.54, 1.807) is 0 Å². The number of nitrogens with one attached hydrogen (secondary N) is 2. The summed E-state index contributed by atoms with van der Waals surface area (Å²) in [5, 5.41) is 11.8. The van der Waals surface area contributed by atoms with Crippen LogP contribution in [0.2, 0.25) is 0 Å². The van der Waals surface area contributed by atoms with Gasteiger partial charge in [0.1, 0.15) is 5.82 Å². The van der Waals surface area contributed by atoms with Crippen LogP contribution in [0.4, 0.5) is 5.69 Å². The van der Waals surface area contributed by atoms with E-state index in [9.17, 15) is 9.59 Å². The molecule has 1 aromatic carbocycles. The molecule has 3 N–H and O–H groups in total. The van der Waals surface area contributed by atoms with Gasteiger partial charge >= 0.3 is 5.97 Å². The Morgan fingerprint density at radius 3 is 2.81 bits per heavy atom. The van der Waals surface area contributed by atoms with E-state index < -0.39 is 11.9 Å². The topological polar surface area (TPSA) is 95.1 Å². The summed E-state index contributed by atoms with van der Waals surface area (Å²) in [6, 6.07) is 5.50. The summed E-state index contributed by atoms with van der Waals surface area (Å²) in [7, 11) is 0. The monoisotopic (exact) mass is 287 g/mol. The molecule has 6 nitrogen and oxygen atoms in total. The van der Waals surface area contributed by atoms with Gasteiger partial charge in [0.15, 0.2) is 0 Å². The third-order valence-electron chi connectivity index (χ3n) is 4.02. The number of carboxylic acids is 1. The number of rotatable bonds is 3. The maximum atomic E-state index is 12.2. The highest BCUT2D eigenvalue weighted by Crippen LogP contribution is 2.32. The average Bonchev–Trinajstić information content (AvgIpc) is 3.03. The third kappa shape index (κ3) is 2.74. The van der Waals surface area contributed by atoms with Crippen molar-refractivity contribution < 1.29 is 14.7 Å². The lowest BCUT2D eigenvalue weighted by molar-refractivity contribution is -0.141. The zero-order valence-electron chi connectivity index (χ0n) is 11.7. The van der Waals surface area contributed by atoms with Gasteiger partial charge in [0.05, 0.1) is 17.0 Å². The van der Waals surface area contributed by atoms with Crippen LogP contribution in [0.25, 0.3) is 11.0 Å². The van der Waals surface area contributed by atoms with Gasteiger partial charge < -0.3 is 15.4 Å². The van der Waals surface area contributed by atoms with Gasteiger partial charge in [0, 0.05) is 11.6 Å². The number of hydrogen-bond donors (Lipinski definition) is 3. The molecule has 110 valence electrons. The van der Waals surface area contributed by atoms with E-state index in [0.717, 1.165) is 16.9 Å². The largest absolute Gasteiger partial charge is 0.481 e. The number of H-pyrrole nitrogens is 1. The van der Waals surface area contributed by atoms with Crippen molar-refractivity contribution in [1.29, 1.82) is 0 Å². The smallest absolute Gasteiger partial charge is 0.306 e. The van der Waals surface area contributed by atoms with E-state index in [2.05, 4.69) is 15.3 Å². The minimum Gasteiger partial charge on any atom is -0.481 e. The van der Waals surface area contributed by atoms with Gasteiger partial charge in [-0.3, -0.25) is 9.59 Å². The summed E-state index contributed by atoms with van der Waals surface area (Å²) in [4.78, 5) is 30.6. The highest BCUT2D eigenvalue weighted by molar-refractivity contribution is 5.95. The van der Waals surface area contributed by atoms with Gasteiger partial charge in [-0.1, -0.05) is 0 Å². The van der Waals surface area contributed by atoms with E-state index in [-0.39, 0.29) is 11.8 Å². The Morgan fingerprint density at radius 2 is 2.10 bits per heavy atom. The number of benzene rings is 1. The molecule has 0 radical (unpaired) electrons. The van der Waals surface area contributed by atoms with Gasteiger partial charge in [0.25, 0.3) is 0 Å². The zero-order chi connectivity index (χ0) is 15.0. The number of amides is 1. The first-order valence-corrected chi connectivity index (χ1v) is 7.03. The average molecular weight is 287 g/mol. The van der Waals surface area contributed by atoms with Crippen molar-refractivity contribution in [3.05, 3.63) is 24.0 Å². The van der Waals surface area contributed by atoms with Gasteiger partial charge in [-0.25, -0.2) is 4.98 Å². The summed E-state index contributed by atoms with van der Waals surface area (Å²) >= 11 is 0. The molecular formula is C15H17N3O3. The van der Waals surface area contributed by atoms with Crippen LogP contribution < -0.4 is 5.32 Å². The van der Waals surface area contributed by atoms with E-state index in [1.807, 2.05) is 25.1 Å². The van der Waals surface area contributed by atoms with Gasteiger partial charge in [-0.15, -0.1) is 0 Å². The fraction of sp³-hybridized carbons (Fsp3) is 0.400.